The molecule has 7 nitrogen and oxygen atoms in total. The Morgan fingerprint density at radius 2 is 2.00 bits per heavy atom. The van der Waals surface area contributed by atoms with Crippen molar-refractivity contribution in [2.24, 2.45) is 0 Å². The van der Waals surface area contributed by atoms with E-state index in [1.807, 2.05) is 25.1 Å². The highest BCUT2D eigenvalue weighted by Gasteiger charge is 2.34. The van der Waals surface area contributed by atoms with E-state index in [2.05, 4.69) is 26.6 Å². The van der Waals surface area contributed by atoms with Gasteiger partial charge in [0.05, 0.1) is 0 Å². The largest absolute Gasteiger partial charge is 0.479 e. The second kappa shape index (κ2) is 8.25. The molecule has 0 unspecified atom stereocenters. The van der Waals surface area contributed by atoms with Crippen molar-refractivity contribution in [3.63, 3.8) is 0 Å². The number of rotatable bonds is 6. The standard InChI is InChI=1S/C16H19BrN2O5/c1-9-2-3-10(17)8-11(9)19-14(20)6-7-18-15(21)12-4-5-13(24-12)16(22)23/h2-3,8,12-13H,4-7H2,1H3,(H,18,21)(H,19,20)(H,22,23)/t12-,13+/m0/s1. The molecule has 0 saturated carbocycles. The van der Waals surface area contributed by atoms with Crippen LogP contribution in [-0.2, 0) is 19.1 Å². The normalized spacial score (nSPS) is 19.8. The number of halogens is 1. The Morgan fingerprint density at radius 1 is 1.29 bits per heavy atom. The number of aryl methyl sites for hydroxylation is 1. The summed E-state index contributed by atoms with van der Waals surface area (Å²) >= 11 is 3.35. The molecule has 1 aromatic rings. The maximum atomic E-state index is 11.9. The number of anilines is 1. The summed E-state index contributed by atoms with van der Waals surface area (Å²) in [5.74, 6) is -1.66. The fourth-order valence-electron chi connectivity index (χ4n) is 2.37. The molecule has 24 heavy (non-hydrogen) atoms. The van der Waals surface area contributed by atoms with Gasteiger partial charge < -0.3 is 20.5 Å². The minimum absolute atomic E-state index is 0.118. The molecular weight excluding hydrogens is 380 g/mol. The molecular formula is C16H19BrN2O5. The topological polar surface area (TPSA) is 105 Å². The quantitative estimate of drug-likeness (QED) is 0.677. The Kier molecular flexibility index (Phi) is 6.33. The van der Waals surface area contributed by atoms with Crippen LogP contribution in [0.25, 0.3) is 0 Å². The minimum atomic E-state index is -1.06. The summed E-state index contributed by atoms with van der Waals surface area (Å²) in [6, 6.07) is 5.58. The van der Waals surface area contributed by atoms with E-state index in [0.29, 0.717) is 18.5 Å². The minimum Gasteiger partial charge on any atom is -0.479 e. The Morgan fingerprint density at radius 3 is 2.67 bits per heavy atom. The van der Waals surface area contributed by atoms with Crippen LogP contribution in [-0.4, -0.2) is 41.6 Å². The van der Waals surface area contributed by atoms with Crippen LogP contribution in [0.5, 0.6) is 0 Å². The second-order valence-electron chi connectivity index (χ2n) is 5.58. The third kappa shape index (κ3) is 5.04. The first kappa shape index (κ1) is 18.4. The average molecular weight is 399 g/mol. The van der Waals surface area contributed by atoms with Crippen molar-refractivity contribution in [3.05, 3.63) is 28.2 Å². The van der Waals surface area contributed by atoms with Gasteiger partial charge >= 0.3 is 5.97 Å². The van der Waals surface area contributed by atoms with Crippen molar-refractivity contribution in [3.8, 4) is 0 Å². The van der Waals surface area contributed by atoms with Gasteiger partial charge in [0.25, 0.3) is 0 Å². The van der Waals surface area contributed by atoms with Crippen LogP contribution in [0.2, 0.25) is 0 Å². The van der Waals surface area contributed by atoms with E-state index in [-0.39, 0.29) is 24.8 Å². The Balaban J connectivity index is 1.74. The lowest BCUT2D eigenvalue weighted by molar-refractivity contribution is -0.151. The second-order valence-corrected chi connectivity index (χ2v) is 6.49. The van der Waals surface area contributed by atoms with Crippen LogP contribution in [0.1, 0.15) is 24.8 Å². The maximum Gasteiger partial charge on any atom is 0.332 e. The molecule has 1 aromatic carbocycles. The summed E-state index contributed by atoms with van der Waals surface area (Å²) in [4.78, 5) is 34.6. The van der Waals surface area contributed by atoms with Gasteiger partial charge in [0.1, 0.15) is 6.10 Å². The first-order valence-electron chi connectivity index (χ1n) is 7.59. The van der Waals surface area contributed by atoms with Gasteiger partial charge in [-0.25, -0.2) is 4.79 Å². The number of aliphatic carboxylic acids is 1. The summed E-state index contributed by atoms with van der Waals surface area (Å²) in [6.45, 7) is 2.05. The van der Waals surface area contributed by atoms with Crippen molar-refractivity contribution in [2.45, 2.75) is 38.4 Å². The summed E-state index contributed by atoms with van der Waals surface area (Å²) in [5, 5.41) is 14.2. The molecule has 1 fully saturated rings. The molecule has 2 atom stereocenters. The zero-order valence-corrected chi connectivity index (χ0v) is 14.8. The number of nitrogens with one attached hydrogen (secondary N) is 2. The van der Waals surface area contributed by atoms with Crippen LogP contribution in [0.4, 0.5) is 5.69 Å². The van der Waals surface area contributed by atoms with Gasteiger partial charge in [-0.3, -0.25) is 9.59 Å². The lowest BCUT2D eigenvalue weighted by Crippen LogP contribution is -2.37. The third-order valence-corrected chi connectivity index (χ3v) is 4.21. The Hall–Kier alpha value is -1.93. The molecule has 2 rings (SSSR count). The van der Waals surface area contributed by atoms with Crippen molar-refractivity contribution >= 4 is 39.4 Å². The summed E-state index contributed by atoms with van der Waals surface area (Å²) in [6.07, 6.45) is -0.889. The summed E-state index contributed by atoms with van der Waals surface area (Å²) < 4.78 is 6.01. The highest BCUT2D eigenvalue weighted by Crippen LogP contribution is 2.21. The number of ether oxygens (including phenoxy) is 1. The molecule has 1 aliphatic rings. The van der Waals surface area contributed by atoms with Crippen molar-refractivity contribution in [1.82, 2.24) is 5.32 Å². The Bertz CT molecular complexity index is 649. The van der Waals surface area contributed by atoms with E-state index in [1.165, 1.54) is 0 Å². The van der Waals surface area contributed by atoms with Crippen molar-refractivity contribution in [2.75, 3.05) is 11.9 Å². The Labute approximate surface area is 147 Å². The van der Waals surface area contributed by atoms with E-state index in [4.69, 9.17) is 9.84 Å². The van der Waals surface area contributed by atoms with Gasteiger partial charge in [0.15, 0.2) is 6.10 Å². The average Bonchev–Trinajstić information content (AvgIpc) is 3.01. The molecule has 130 valence electrons. The predicted octanol–water partition coefficient (Wildman–Crippen LogP) is 1.83. The van der Waals surface area contributed by atoms with Gasteiger partial charge in [-0.1, -0.05) is 22.0 Å². The molecule has 3 N–H and O–H groups in total. The molecule has 0 spiro atoms. The van der Waals surface area contributed by atoms with Gasteiger partial charge in [-0.2, -0.15) is 0 Å². The fraction of sp³-hybridized carbons (Fsp3) is 0.438. The van der Waals surface area contributed by atoms with E-state index in [1.54, 1.807) is 0 Å². The highest BCUT2D eigenvalue weighted by atomic mass is 79.9. The number of hydrogen-bond donors (Lipinski definition) is 3. The molecule has 8 heteroatoms. The smallest absolute Gasteiger partial charge is 0.332 e. The molecule has 0 bridgehead atoms. The van der Waals surface area contributed by atoms with E-state index < -0.39 is 18.2 Å². The van der Waals surface area contributed by atoms with Crippen molar-refractivity contribution < 1.29 is 24.2 Å². The van der Waals surface area contributed by atoms with Gasteiger partial charge in [-0.05, 0) is 37.5 Å². The monoisotopic (exact) mass is 398 g/mol. The summed E-state index contributed by atoms with van der Waals surface area (Å²) in [5.41, 5.74) is 1.65. The molecule has 0 aromatic heterocycles. The fourth-order valence-corrected chi connectivity index (χ4v) is 2.73. The van der Waals surface area contributed by atoms with Crippen LogP contribution < -0.4 is 10.6 Å². The first-order chi connectivity index (χ1) is 11.4. The van der Waals surface area contributed by atoms with Crippen LogP contribution in [0.3, 0.4) is 0 Å². The zero-order chi connectivity index (χ0) is 17.7. The number of carboxylic acids is 1. The van der Waals surface area contributed by atoms with E-state index in [0.717, 1.165) is 10.0 Å². The predicted molar refractivity (Wildman–Crippen MR) is 90.7 cm³/mol. The number of benzene rings is 1. The molecule has 1 aliphatic heterocycles. The van der Waals surface area contributed by atoms with Crippen LogP contribution >= 0.6 is 15.9 Å². The van der Waals surface area contributed by atoms with E-state index >= 15 is 0 Å². The molecule has 2 amide bonds. The number of carboxylic acid groups (broad SMARTS) is 1. The zero-order valence-electron chi connectivity index (χ0n) is 13.2. The van der Waals surface area contributed by atoms with Crippen LogP contribution in [0, 0.1) is 6.92 Å². The lowest BCUT2D eigenvalue weighted by atomic mass is 10.2. The molecule has 0 aliphatic carbocycles. The lowest BCUT2D eigenvalue weighted by Gasteiger charge is -2.12. The summed E-state index contributed by atoms with van der Waals surface area (Å²) in [7, 11) is 0. The van der Waals surface area contributed by atoms with Gasteiger partial charge in [0, 0.05) is 23.1 Å². The number of carbonyl (C=O) groups is 3. The van der Waals surface area contributed by atoms with E-state index in [9.17, 15) is 14.4 Å². The molecule has 1 heterocycles. The number of carbonyl (C=O) groups excluding carboxylic acids is 2. The third-order valence-electron chi connectivity index (χ3n) is 3.71. The van der Waals surface area contributed by atoms with Crippen LogP contribution in [0.15, 0.2) is 22.7 Å². The maximum absolute atomic E-state index is 11.9. The molecule has 0 radical (unpaired) electrons. The molecule has 1 saturated heterocycles. The SMILES string of the molecule is Cc1ccc(Br)cc1NC(=O)CCNC(=O)[C@@H]1CC[C@H](C(=O)O)O1. The highest BCUT2D eigenvalue weighted by molar-refractivity contribution is 9.10. The first-order valence-corrected chi connectivity index (χ1v) is 8.38. The number of hydrogen-bond acceptors (Lipinski definition) is 4. The number of amides is 2. The van der Waals surface area contributed by atoms with Crippen molar-refractivity contribution in [1.29, 1.82) is 0 Å². The van der Waals surface area contributed by atoms with Gasteiger partial charge in [0.2, 0.25) is 11.8 Å². The van der Waals surface area contributed by atoms with Gasteiger partial charge in [-0.15, -0.1) is 0 Å².